The molecule has 0 bridgehead atoms. The smallest absolute Gasteiger partial charge is 0.269 e. The predicted octanol–water partition coefficient (Wildman–Crippen LogP) is 2.05. The lowest BCUT2D eigenvalue weighted by Gasteiger charge is -2.34. The predicted molar refractivity (Wildman–Crippen MR) is 100 cm³/mol. The Morgan fingerprint density at radius 1 is 1.19 bits per heavy atom. The van der Waals surface area contributed by atoms with Crippen molar-refractivity contribution >= 4 is 22.9 Å². The number of hydrogen-bond donors (Lipinski definition) is 0. The molecule has 0 saturated carbocycles. The summed E-state index contributed by atoms with van der Waals surface area (Å²) in [4.78, 5) is 33.7. The first-order valence-corrected chi connectivity index (χ1v) is 10.1. The number of likely N-dealkylation sites (tertiary alicyclic amines) is 1. The van der Waals surface area contributed by atoms with Crippen LogP contribution in [0.2, 0.25) is 0 Å². The molecule has 4 heterocycles. The quantitative estimate of drug-likeness (QED) is 0.820. The fraction of sp³-hybridized carbons (Fsp3) is 0.556. The van der Waals surface area contributed by atoms with Gasteiger partial charge in [0.1, 0.15) is 11.6 Å². The van der Waals surface area contributed by atoms with E-state index < -0.39 is 0 Å². The Kier molecular flexibility index (Phi) is 5.01. The van der Waals surface area contributed by atoms with E-state index in [4.69, 9.17) is 0 Å². The number of amides is 1. The zero-order chi connectivity index (χ0) is 17.9. The first-order chi connectivity index (χ1) is 12.7. The summed E-state index contributed by atoms with van der Waals surface area (Å²) in [6.45, 7) is 2.63. The van der Waals surface area contributed by atoms with Crippen molar-refractivity contribution in [3.05, 3.63) is 39.2 Å². The van der Waals surface area contributed by atoms with Gasteiger partial charge in [-0.05, 0) is 32.1 Å². The second-order valence-electron chi connectivity index (χ2n) is 6.87. The second-order valence-corrected chi connectivity index (χ2v) is 7.80. The minimum Gasteiger partial charge on any atom is -0.370 e. The first kappa shape index (κ1) is 17.2. The lowest BCUT2D eigenvalue weighted by atomic mass is 10.0. The van der Waals surface area contributed by atoms with Crippen molar-refractivity contribution in [1.29, 1.82) is 0 Å². The average molecular weight is 373 g/mol. The van der Waals surface area contributed by atoms with Crippen LogP contribution >= 0.6 is 11.3 Å². The Hall–Kier alpha value is -2.22. The molecule has 2 fully saturated rings. The molecule has 2 aliphatic rings. The van der Waals surface area contributed by atoms with Gasteiger partial charge in [0.25, 0.3) is 5.56 Å². The van der Waals surface area contributed by atoms with E-state index in [0.717, 1.165) is 55.9 Å². The van der Waals surface area contributed by atoms with E-state index in [1.807, 2.05) is 10.3 Å². The Morgan fingerprint density at radius 3 is 2.73 bits per heavy atom. The largest absolute Gasteiger partial charge is 0.370 e. The molecule has 8 heteroatoms. The minimum absolute atomic E-state index is 0.0129. The van der Waals surface area contributed by atoms with Crippen LogP contribution in [0.15, 0.2) is 28.6 Å². The van der Waals surface area contributed by atoms with Crippen LogP contribution in [0, 0.1) is 0 Å². The van der Waals surface area contributed by atoms with E-state index in [0.29, 0.717) is 6.54 Å². The summed E-state index contributed by atoms with van der Waals surface area (Å²) in [5.74, 6) is -0.0616. The summed E-state index contributed by atoms with van der Waals surface area (Å²) in [5.41, 5.74) is 0.639. The highest BCUT2D eigenvalue weighted by Gasteiger charge is 2.30. The van der Waals surface area contributed by atoms with Gasteiger partial charge < -0.3 is 9.80 Å². The molecule has 2 saturated heterocycles. The molecule has 0 spiro atoms. The van der Waals surface area contributed by atoms with Gasteiger partial charge in [-0.2, -0.15) is 5.10 Å². The highest BCUT2D eigenvalue weighted by Crippen LogP contribution is 2.32. The van der Waals surface area contributed by atoms with E-state index in [-0.39, 0.29) is 24.1 Å². The maximum Gasteiger partial charge on any atom is 0.269 e. The fourth-order valence-electron chi connectivity index (χ4n) is 3.80. The van der Waals surface area contributed by atoms with Crippen molar-refractivity contribution in [3.8, 4) is 0 Å². The Bertz CT molecular complexity index is 813. The molecular weight excluding hydrogens is 350 g/mol. The molecule has 0 N–H and O–H groups in total. The number of anilines is 1. The minimum atomic E-state index is -0.217. The van der Waals surface area contributed by atoms with Crippen molar-refractivity contribution in [1.82, 2.24) is 19.7 Å². The fourth-order valence-corrected chi connectivity index (χ4v) is 4.58. The van der Waals surface area contributed by atoms with Gasteiger partial charge in [-0.1, -0.05) is 0 Å². The van der Waals surface area contributed by atoms with E-state index in [1.54, 1.807) is 29.8 Å². The van der Waals surface area contributed by atoms with E-state index >= 15 is 0 Å². The first-order valence-electron chi connectivity index (χ1n) is 9.23. The van der Waals surface area contributed by atoms with Gasteiger partial charge in [0, 0.05) is 37.3 Å². The molecular formula is C18H23N5O2S. The SMILES string of the molecule is O=C(Cn1ncc(N2CCCC2)cc1=O)N1CCCCC1c1nccs1. The average Bonchev–Trinajstić information content (AvgIpc) is 3.37. The summed E-state index contributed by atoms with van der Waals surface area (Å²) in [7, 11) is 0. The molecule has 7 nitrogen and oxygen atoms in total. The van der Waals surface area contributed by atoms with Crippen molar-refractivity contribution in [3.63, 3.8) is 0 Å². The third kappa shape index (κ3) is 3.51. The van der Waals surface area contributed by atoms with Crippen molar-refractivity contribution < 1.29 is 4.79 Å². The Labute approximate surface area is 156 Å². The van der Waals surface area contributed by atoms with Crippen LogP contribution in [0.4, 0.5) is 5.69 Å². The molecule has 138 valence electrons. The van der Waals surface area contributed by atoms with Crippen LogP contribution in [0.5, 0.6) is 0 Å². The molecule has 1 amide bonds. The maximum absolute atomic E-state index is 12.9. The number of nitrogens with zero attached hydrogens (tertiary/aromatic N) is 5. The molecule has 0 radical (unpaired) electrons. The van der Waals surface area contributed by atoms with Crippen molar-refractivity contribution in [2.24, 2.45) is 0 Å². The number of carbonyl (C=O) groups excluding carboxylic acids is 1. The highest BCUT2D eigenvalue weighted by molar-refractivity contribution is 7.09. The van der Waals surface area contributed by atoms with Crippen LogP contribution in [-0.4, -0.2) is 45.2 Å². The molecule has 26 heavy (non-hydrogen) atoms. The second kappa shape index (κ2) is 7.57. The molecule has 1 atom stereocenters. The number of aromatic nitrogens is 3. The Morgan fingerprint density at radius 2 is 2.00 bits per heavy atom. The van der Waals surface area contributed by atoms with Gasteiger partial charge in [-0.25, -0.2) is 9.67 Å². The normalized spacial score (nSPS) is 20.5. The third-order valence-electron chi connectivity index (χ3n) is 5.17. The number of thiazole rings is 1. The summed E-state index contributed by atoms with van der Waals surface area (Å²) < 4.78 is 1.27. The van der Waals surface area contributed by atoms with Gasteiger partial charge in [0.15, 0.2) is 0 Å². The van der Waals surface area contributed by atoms with Crippen molar-refractivity contribution in [2.45, 2.75) is 44.7 Å². The molecule has 1 unspecified atom stereocenters. The lowest BCUT2D eigenvalue weighted by molar-refractivity contribution is -0.136. The summed E-state index contributed by atoms with van der Waals surface area (Å²) >= 11 is 1.58. The van der Waals surface area contributed by atoms with E-state index in [2.05, 4.69) is 15.0 Å². The monoisotopic (exact) mass is 373 g/mol. The number of carbonyl (C=O) groups is 1. The van der Waals surface area contributed by atoms with Gasteiger partial charge >= 0.3 is 0 Å². The Balaban J connectivity index is 1.49. The molecule has 0 aromatic carbocycles. The van der Waals surface area contributed by atoms with Crippen LogP contribution < -0.4 is 10.5 Å². The van der Waals surface area contributed by atoms with E-state index in [1.165, 1.54) is 4.68 Å². The lowest BCUT2D eigenvalue weighted by Crippen LogP contribution is -2.42. The number of piperidine rings is 1. The highest BCUT2D eigenvalue weighted by atomic mass is 32.1. The zero-order valence-electron chi connectivity index (χ0n) is 14.7. The van der Waals surface area contributed by atoms with Gasteiger partial charge in [-0.15, -0.1) is 11.3 Å². The molecule has 2 aromatic heterocycles. The topological polar surface area (TPSA) is 71.3 Å². The van der Waals surface area contributed by atoms with Crippen molar-refractivity contribution in [2.75, 3.05) is 24.5 Å². The number of rotatable bonds is 4. The summed E-state index contributed by atoms with van der Waals surface area (Å²) in [6, 6.07) is 1.62. The van der Waals surface area contributed by atoms with Crippen LogP contribution in [0.25, 0.3) is 0 Å². The van der Waals surface area contributed by atoms with Crippen LogP contribution in [-0.2, 0) is 11.3 Å². The van der Waals surface area contributed by atoms with Crippen LogP contribution in [0.1, 0.15) is 43.2 Å². The van der Waals surface area contributed by atoms with Gasteiger partial charge in [-0.3, -0.25) is 9.59 Å². The third-order valence-corrected chi connectivity index (χ3v) is 6.05. The van der Waals surface area contributed by atoms with E-state index in [9.17, 15) is 9.59 Å². The maximum atomic E-state index is 12.9. The molecule has 0 aliphatic carbocycles. The molecule has 2 aliphatic heterocycles. The van der Waals surface area contributed by atoms with Gasteiger partial charge in [0.2, 0.25) is 5.91 Å². The molecule has 4 rings (SSSR count). The standard InChI is InChI=1S/C18H23N5O2S/c24-16-11-14(21-7-3-4-8-21)12-20-23(16)13-17(25)22-9-2-1-5-15(22)18-19-6-10-26-18/h6,10-12,15H,1-5,7-9,13H2. The summed E-state index contributed by atoms with van der Waals surface area (Å²) in [5, 5.41) is 7.16. The van der Waals surface area contributed by atoms with Gasteiger partial charge in [0.05, 0.1) is 17.9 Å². The summed E-state index contributed by atoms with van der Waals surface area (Å²) in [6.07, 6.45) is 8.79. The van der Waals surface area contributed by atoms with Crippen LogP contribution in [0.3, 0.4) is 0 Å². The number of hydrogen-bond acceptors (Lipinski definition) is 6. The molecule has 2 aromatic rings. The zero-order valence-corrected chi connectivity index (χ0v) is 15.5.